The van der Waals surface area contributed by atoms with Gasteiger partial charge in [-0.25, -0.2) is 4.98 Å². The highest BCUT2D eigenvalue weighted by molar-refractivity contribution is 5.93. The third kappa shape index (κ3) is 2.97. The van der Waals surface area contributed by atoms with E-state index in [4.69, 9.17) is 9.72 Å². The largest absolute Gasteiger partial charge is 0.494 e. The number of amides is 1. The van der Waals surface area contributed by atoms with E-state index >= 15 is 0 Å². The van der Waals surface area contributed by atoms with Crippen molar-refractivity contribution in [2.75, 3.05) is 13.7 Å². The predicted octanol–water partition coefficient (Wildman–Crippen LogP) is 2.96. The molecule has 1 fully saturated rings. The number of methoxy groups -OCH3 is 1. The number of hydrogen-bond acceptors (Lipinski definition) is 3. The molecule has 2 heterocycles. The van der Waals surface area contributed by atoms with E-state index in [2.05, 4.69) is 22.4 Å². The number of nitrogens with zero attached hydrogens (tertiary/aromatic N) is 1. The summed E-state index contributed by atoms with van der Waals surface area (Å²) >= 11 is 0. The van der Waals surface area contributed by atoms with Crippen molar-refractivity contribution in [1.82, 2.24) is 15.3 Å². The Morgan fingerprint density at radius 2 is 2.00 bits per heavy atom. The van der Waals surface area contributed by atoms with Crippen molar-refractivity contribution in [2.45, 2.75) is 25.2 Å². The van der Waals surface area contributed by atoms with E-state index in [9.17, 15) is 4.79 Å². The Labute approximate surface area is 146 Å². The van der Waals surface area contributed by atoms with Gasteiger partial charge in [0.15, 0.2) is 0 Å². The molecule has 25 heavy (non-hydrogen) atoms. The van der Waals surface area contributed by atoms with Crippen LogP contribution in [0.4, 0.5) is 0 Å². The summed E-state index contributed by atoms with van der Waals surface area (Å²) in [5, 5.41) is 2.91. The Kier molecular flexibility index (Phi) is 4.14. The highest BCUT2D eigenvalue weighted by Gasteiger charge is 2.29. The minimum absolute atomic E-state index is 0.0836. The highest BCUT2D eigenvalue weighted by Crippen LogP contribution is 2.34. The predicted molar refractivity (Wildman–Crippen MR) is 96.9 cm³/mol. The second kappa shape index (κ2) is 6.59. The Morgan fingerprint density at radius 3 is 2.72 bits per heavy atom. The summed E-state index contributed by atoms with van der Waals surface area (Å²) in [6, 6.07) is 14.3. The van der Waals surface area contributed by atoms with Gasteiger partial charge in [-0.2, -0.15) is 0 Å². The van der Waals surface area contributed by atoms with Crippen LogP contribution in [0.1, 0.15) is 29.3 Å². The molecule has 0 bridgehead atoms. The number of hydrogen-bond donors (Lipinski definition) is 2. The molecule has 1 aliphatic rings. The molecule has 1 saturated heterocycles. The molecule has 1 aliphatic heterocycles. The minimum Gasteiger partial charge on any atom is -0.494 e. The van der Waals surface area contributed by atoms with Crippen molar-refractivity contribution in [3.05, 3.63) is 59.4 Å². The summed E-state index contributed by atoms with van der Waals surface area (Å²) in [6.45, 7) is 0.725. The monoisotopic (exact) mass is 335 g/mol. The first-order valence-electron chi connectivity index (χ1n) is 8.63. The van der Waals surface area contributed by atoms with Gasteiger partial charge in [-0.05, 0) is 30.0 Å². The number of imidazole rings is 1. The fourth-order valence-corrected chi connectivity index (χ4v) is 3.51. The van der Waals surface area contributed by atoms with E-state index in [1.807, 2.05) is 30.3 Å². The van der Waals surface area contributed by atoms with Crippen LogP contribution in [0, 0.1) is 0 Å². The van der Waals surface area contributed by atoms with Gasteiger partial charge in [-0.3, -0.25) is 4.79 Å². The van der Waals surface area contributed by atoms with E-state index in [0.717, 1.165) is 54.0 Å². The van der Waals surface area contributed by atoms with Gasteiger partial charge < -0.3 is 15.0 Å². The zero-order valence-corrected chi connectivity index (χ0v) is 14.2. The summed E-state index contributed by atoms with van der Waals surface area (Å²) in [5.74, 6) is 1.64. The Hall–Kier alpha value is -2.82. The van der Waals surface area contributed by atoms with Gasteiger partial charge in [0.2, 0.25) is 5.91 Å². The normalized spacial score (nSPS) is 17.0. The van der Waals surface area contributed by atoms with Gasteiger partial charge in [0.1, 0.15) is 17.1 Å². The number of ether oxygens (including phenoxy) is 1. The first-order valence-corrected chi connectivity index (χ1v) is 8.63. The Bertz CT molecular complexity index is 902. The quantitative estimate of drug-likeness (QED) is 0.753. The van der Waals surface area contributed by atoms with Gasteiger partial charge in [-0.15, -0.1) is 0 Å². The molecule has 1 aromatic heterocycles. The molecule has 4 rings (SSSR count). The summed E-state index contributed by atoms with van der Waals surface area (Å²) in [4.78, 5) is 20.3. The number of nitrogens with one attached hydrogen (secondary N) is 2. The smallest absolute Gasteiger partial charge is 0.227 e. The second-order valence-corrected chi connectivity index (χ2v) is 6.38. The first-order chi connectivity index (χ1) is 12.3. The molecule has 5 nitrogen and oxygen atoms in total. The van der Waals surface area contributed by atoms with Crippen LogP contribution in [-0.4, -0.2) is 29.5 Å². The van der Waals surface area contributed by atoms with Crippen molar-refractivity contribution in [3.63, 3.8) is 0 Å². The van der Waals surface area contributed by atoms with Crippen molar-refractivity contribution >= 4 is 16.9 Å². The number of benzene rings is 2. The fourth-order valence-electron chi connectivity index (χ4n) is 3.51. The Balaban J connectivity index is 1.68. The summed E-state index contributed by atoms with van der Waals surface area (Å²) < 4.78 is 5.48. The third-order valence-electron chi connectivity index (χ3n) is 4.82. The van der Waals surface area contributed by atoms with Crippen LogP contribution in [-0.2, 0) is 17.6 Å². The average Bonchev–Trinajstić information content (AvgIpc) is 3.26. The molecule has 0 spiro atoms. The summed E-state index contributed by atoms with van der Waals surface area (Å²) in [5.41, 5.74) is 3.99. The summed E-state index contributed by atoms with van der Waals surface area (Å²) in [7, 11) is 1.65. The van der Waals surface area contributed by atoms with Crippen molar-refractivity contribution < 1.29 is 9.53 Å². The lowest BCUT2D eigenvalue weighted by Gasteiger charge is -2.09. The van der Waals surface area contributed by atoms with Gasteiger partial charge in [-0.1, -0.05) is 36.4 Å². The van der Waals surface area contributed by atoms with E-state index < -0.39 is 0 Å². The topological polar surface area (TPSA) is 67.0 Å². The van der Waals surface area contributed by atoms with Crippen LogP contribution in [0.5, 0.6) is 5.75 Å². The lowest BCUT2D eigenvalue weighted by molar-refractivity contribution is -0.120. The van der Waals surface area contributed by atoms with Gasteiger partial charge in [0, 0.05) is 13.0 Å². The van der Waals surface area contributed by atoms with Gasteiger partial charge in [0.05, 0.1) is 18.5 Å². The van der Waals surface area contributed by atoms with Crippen LogP contribution in [0.25, 0.3) is 11.0 Å². The minimum atomic E-state index is -0.126. The molecule has 1 atom stereocenters. The van der Waals surface area contributed by atoms with E-state index in [1.165, 1.54) is 5.56 Å². The molecular weight excluding hydrogens is 314 g/mol. The number of fused-ring (bicyclic) bond motifs is 1. The maximum absolute atomic E-state index is 12.1. The maximum atomic E-state index is 12.1. The molecule has 1 unspecified atom stereocenters. The molecule has 3 aromatic rings. The molecule has 128 valence electrons. The standard InChI is InChI=1S/C20H21N3O2/c1-25-16-9-8-14(15-11-12-21-20(15)24)18-19(16)23-17(22-18)10-7-13-5-3-2-4-6-13/h2-6,8-9,15H,7,10-12H2,1H3,(H,21,24)(H,22,23). The molecule has 1 amide bonds. The number of carbonyl (C=O) groups is 1. The second-order valence-electron chi connectivity index (χ2n) is 6.38. The number of rotatable bonds is 5. The fraction of sp³-hybridized carbons (Fsp3) is 0.300. The molecular formula is C20H21N3O2. The maximum Gasteiger partial charge on any atom is 0.227 e. The van der Waals surface area contributed by atoms with Crippen LogP contribution in [0.2, 0.25) is 0 Å². The number of aromatic amines is 1. The van der Waals surface area contributed by atoms with Crippen LogP contribution < -0.4 is 10.1 Å². The van der Waals surface area contributed by atoms with Gasteiger partial charge in [0.25, 0.3) is 0 Å². The molecule has 2 N–H and O–H groups in total. The van der Waals surface area contributed by atoms with E-state index in [1.54, 1.807) is 7.11 Å². The molecule has 0 aliphatic carbocycles. The molecule has 0 saturated carbocycles. The molecule has 2 aromatic carbocycles. The number of aromatic nitrogens is 2. The Morgan fingerprint density at radius 1 is 1.16 bits per heavy atom. The summed E-state index contributed by atoms with van der Waals surface area (Å²) in [6.07, 6.45) is 2.55. The van der Waals surface area contributed by atoms with Gasteiger partial charge >= 0.3 is 0 Å². The van der Waals surface area contributed by atoms with Crippen LogP contribution >= 0.6 is 0 Å². The first kappa shape index (κ1) is 15.7. The zero-order chi connectivity index (χ0) is 17.2. The third-order valence-corrected chi connectivity index (χ3v) is 4.82. The van der Waals surface area contributed by atoms with Crippen LogP contribution in [0.15, 0.2) is 42.5 Å². The number of aryl methyl sites for hydroxylation is 2. The van der Waals surface area contributed by atoms with Crippen molar-refractivity contribution in [3.8, 4) is 5.75 Å². The highest BCUT2D eigenvalue weighted by atomic mass is 16.5. The van der Waals surface area contributed by atoms with Crippen molar-refractivity contribution in [2.24, 2.45) is 0 Å². The molecule has 0 radical (unpaired) electrons. The van der Waals surface area contributed by atoms with E-state index in [0.29, 0.717) is 0 Å². The van der Waals surface area contributed by atoms with Crippen LogP contribution in [0.3, 0.4) is 0 Å². The zero-order valence-electron chi connectivity index (χ0n) is 14.2. The average molecular weight is 335 g/mol. The SMILES string of the molecule is COc1ccc(C2CCNC2=O)c2nc(CCc3ccccc3)[nH]c12. The number of H-pyrrole nitrogens is 1. The lowest BCUT2D eigenvalue weighted by Crippen LogP contribution is -2.18. The van der Waals surface area contributed by atoms with Crippen molar-refractivity contribution in [1.29, 1.82) is 0 Å². The lowest BCUT2D eigenvalue weighted by atomic mass is 9.96. The van der Waals surface area contributed by atoms with E-state index in [-0.39, 0.29) is 11.8 Å². The number of carbonyl (C=O) groups excluding carboxylic acids is 1. The molecule has 5 heteroatoms.